The monoisotopic (exact) mass is 518 g/mol. The van der Waals surface area contributed by atoms with Crippen LogP contribution in [-0.2, 0) is 18.9 Å². The molecular weight excluding hydrogens is 456 g/mol. The average Bonchev–Trinajstić information content (AvgIpc) is 2.52. The van der Waals surface area contributed by atoms with Crippen LogP contribution >= 0.6 is 0 Å². The first kappa shape index (κ1) is 34.3. The molecule has 0 aliphatic carbocycles. The Morgan fingerprint density at radius 1 is 0.441 bits per heavy atom. The average molecular weight is 519 g/mol. The van der Waals surface area contributed by atoms with Gasteiger partial charge in [0.25, 0.3) is 0 Å². The summed E-state index contributed by atoms with van der Waals surface area (Å²) in [7, 11) is -1.14. The van der Waals surface area contributed by atoms with Gasteiger partial charge in [0.15, 0.2) is 0 Å². The quantitative estimate of drug-likeness (QED) is 0.131. The third kappa shape index (κ3) is 16.9. The summed E-state index contributed by atoms with van der Waals surface area (Å²) in [5, 5.41) is 0. The first-order chi connectivity index (χ1) is 15.2. The Morgan fingerprint density at radius 3 is 0.853 bits per heavy atom. The fourth-order valence-corrected chi connectivity index (χ4v) is 10.5. The fraction of sp³-hybridized carbons (Fsp3) is 1.00. The van der Waals surface area contributed by atoms with E-state index in [0.29, 0.717) is 0 Å². The SMILES string of the molecule is CCCC(OC(C)(C)C)(OC(C)(C)C)[SiH2]CCCC[SiH2]C(CCC)(OC(C)(C)C)OC(C)(C)C. The zero-order valence-electron chi connectivity index (χ0n) is 25.7. The Labute approximate surface area is 218 Å². The van der Waals surface area contributed by atoms with Gasteiger partial charge in [0, 0.05) is 0 Å². The molecule has 0 aliphatic heterocycles. The molecule has 206 valence electrons. The topological polar surface area (TPSA) is 36.9 Å². The van der Waals surface area contributed by atoms with E-state index in [0.717, 1.165) is 25.7 Å². The summed E-state index contributed by atoms with van der Waals surface area (Å²) in [6.07, 6.45) is 6.64. The first-order valence-electron chi connectivity index (χ1n) is 14.0. The number of hydrogen-bond donors (Lipinski definition) is 0. The van der Waals surface area contributed by atoms with E-state index in [1.165, 1.54) is 24.9 Å². The Kier molecular flexibility index (Phi) is 13.8. The first-order valence-corrected chi connectivity index (χ1v) is 17.4. The number of ether oxygens (including phenoxy) is 4. The van der Waals surface area contributed by atoms with Crippen molar-refractivity contribution < 1.29 is 18.9 Å². The summed E-state index contributed by atoms with van der Waals surface area (Å²) >= 11 is 0. The van der Waals surface area contributed by atoms with Crippen LogP contribution in [0.5, 0.6) is 0 Å². The van der Waals surface area contributed by atoms with Crippen molar-refractivity contribution in [3.63, 3.8) is 0 Å². The molecule has 0 radical (unpaired) electrons. The number of hydrogen-bond acceptors (Lipinski definition) is 4. The maximum atomic E-state index is 6.65. The van der Waals surface area contributed by atoms with Gasteiger partial charge in [-0.15, -0.1) is 0 Å². The van der Waals surface area contributed by atoms with E-state index in [2.05, 4.69) is 96.9 Å². The Balaban J connectivity index is 5.18. The maximum Gasteiger partial charge on any atom is 0.146 e. The predicted molar refractivity (Wildman–Crippen MR) is 155 cm³/mol. The van der Waals surface area contributed by atoms with Gasteiger partial charge in [0.2, 0.25) is 0 Å². The highest BCUT2D eigenvalue weighted by Gasteiger charge is 2.40. The summed E-state index contributed by atoms with van der Waals surface area (Å²) < 4.78 is 26.6. The third-order valence-electron chi connectivity index (χ3n) is 5.10. The zero-order valence-corrected chi connectivity index (χ0v) is 28.5. The lowest BCUT2D eigenvalue weighted by atomic mass is 10.1. The summed E-state index contributed by atoms with van der Waals surface area (Å²) in [6.45, 7) is 30.3. The maximum absolute atomic E-state index is 6.65. The Hall–Kier alpha value is 0.274. The molecule has 34 heavy (non-hydrogen) atoms. The molecular formula is C28H62O4Si2. The molecule has 0 spiro atoms. The van der Waals surface area contributed by atoms with Crippen molar-refractivity contribution in [2.75, 3.05) is 0 Å². The fourth-order valence-electron chi connectivity index (χ4n) is 4.84. The van der Waals surface area contributed by atoms with Gasteiger partial charge in [-0.25, -0.2) is 0 Å². The van der Waals surface area contributed by atoms with Crippen molar-refractivity contribution >= 4 is 19.0 Å². The molecule has 0 atom stereocenters. The van der Waals surface area contributed by atoms with Crippen molar-refractivity contribution in [2.24, 2.45) is 0 Å². The molecule has 0 aromatic heterocycles. The van der Waals surface area contributed by atoms with Gasteiger partial charge >= 0.3 is 0 Å². The van der Waals surface area contributed by atoms with Crippen LogP contribution in [0.15, 0.2) is 0 Å². The van der Waals surface area contributed by atoms with E-state index in [1.807, 2.05) is 0 Å². The van der Waals surface area contributed by atoms with Gasteiger partial charge in [0.05, 0.1) is 41.4 Å². The Morgan fingerprint density at radius 2 is 0.676 bits per heavy atom. The van der Waals surface area contributed by atoms with E-state index in [-0.39, 0.29) is 33.2 Å². The largest absolute Gasteiger partial charge is 0.349 e. The molecule has 0 unspecified atom stereocenters. The number of rotatable bonds is 15. The highest BCUT2D eigenvalue weighted by molar-refractivity contribution is 6.39. The highest BCUT2D eigenvalue weighted by Crippen LogP contribution is 2.33. The predicted octanol–water partition coefficient (Wildman–Crippen LogP) is 7.11. The molecule has 4 nitrogen and oxygen atoms in total. The van der Waals surface area contributed by atoms with E-state index >= 15 is 0 Å². The summed E-state index contributed by atoms with van der Waals surface area (Å²) in [6, 6.07) is 2.50. The van der Waals surface area contributed by atoms with Crippen molar-refractivity contribution in [1.82, 2.24) is 0 Å². The second-order valence-electron chi connectivity index (χ2n) is 14.1. The van der Waals surface area contributed by atoms with Crippen molar-refractivity contribution in [2.45, 2.75) is 181 Å². The van der Waals surface area contributed by atoms with Gasteiger partial charge in [0.1, 0.15) is 10.8 Å². The van der Waals surface area contributed by atoms with E-state index in [4.69, 9.17) is 18.9 Å². The van der Waals surface area contributed by atoms with Gasteiger partial charge in [-0.3, -0.25) is 0 Å². The molecule has 0 saturated heterocycles. The van der Waals surface area contributed by atoms with Crippen LogP contribution in [0.4, 0.5) is 0 Å². The lowest BCUT2D eigenvalue weighted by Crippen LogP contribution is -2.51. The van der Waals surface area contributed by atoms with Gasteiger partial charge < -0.3 is 18.9 Å². The third-order valence-corrected chi connectivity index (χ3v) is 9.61. The van der Waals surface area contributed by atoms with E-state index in [1.54, 1.807) is 0 Å². The molecule has 0 amide bonds. The zero-order chi connectivity index (χ0) is 26.9. The molecule has 0 saturated carbocycles. The van der Waals surface area contributed by atoms with Crippen LogP contribution in [0.25, 0.3) is 0 Å². The van der Waals surface area contributed by atoms with E-state index < -0.39 is 19.0 Å². The molecule has 0 aromatic rings. The molecule has 6 heteroatoms. The standard InChI is InChI=1S/C28H62O4Si2/c1-15-19-27(29-23(3,4)5,30-24(6,7)8)33-21-17-18-22-34-28(20-16-2,31-25(9,10)11)32-26(12,13)14/h15-22,33-34H2,1-14H3. The second-order valence-corrected chi connectivity index (χ2v) is 18.7. The van der Waals surface area contributed by atoms with Gasteiger partial charge in [-0.1, -0.05) is 51.6 Å². The summed E-state index contributed by atoms with van der Waals surface area (Å²) in [4.78, 5) is 0. The van der Waals surface area contributed by atoms with Crippen molar-refractivity contribution in [1.29, 1.82) is 0 Å². The lowest BCUT2D eigenvalue weighted by molar-refractivity contribution is -0.269. The van der Waals surface area contributed by atoms with Crippen molar-refractivity contribution in [3.8, 4) is 0 Å². The minimum atomic E-state index is -0.571. The molecule has 0 aliphatic rings. The van der Waals surface area contributed by atoms with Gasteiger partial charge in [-0.05, 0) is 95.9 Å². The summed E-state index contributed by atoms with van der Waals surface area (Å²) in [5.74, 6) is 0. The lowest BCUT2D eigenvalue weighted by Gasteiger charge is -2.44. The van der Waals surface area contributed by atoms with Gasteiger partial charge in [-0.2, -0.15) is 0 Å². The van der Waals surface area contributed by atoms with E-state index in [9.17, 15) is 0 Å². The van der Waals surface area contributed by atoms with Crippen LogP contribution in [0.3, 0.4) is 0 Å². The Bertz CT molecular complexity index is 469. The minimum absolute atomic E-state index is 0.200. The van der Waals surface area contributed by atoms with Crippen LogP contribution in [0, 0.1) is 0 Å². The molecule has 0 fully saturated rings. The number of unbranched alkanes of at least 4 members (excludes halogenated alkanes) is 1. The second kappa shape index (κ2) is 13.7. The molecule has 0 N–H and O–H groups in total. The smallest absolute Gasteiger partial charge is 0.146 e. The van der Waals surface area contributed by atoms with Crippen LogP contribution < -0.4 is 0 Å². The molecule has 0 aromatic carbocycles. The van der Waals surface area contributed by atoms with Crippen molar-refractivity contribution in [3.05, 3.63) is 0 Å². The summed E-state index contributed by atoms with van der Waals surface area (Å²) in [5.41, 5.74) is -1.55. The van der Waals surface area contributed by atoms with Crippen LogP contribution in [-0.4, -0.2) is 52.3 Å². The highest BCUT2D eigenvalue weighted by atomic mass is 28.2. The molecule has 0 heterocycles. The normalized spacial score (nSPS) is 15.4. The molecule has 0 bridgehead atoms. The van der Waals surface area contributed by atoms with Crippen LogP contribution in [0.2, 0.25) is 12.1 Å². The molecule has 0 rings (SSSR count). The minimum Gasteiger partial charge on any atom is -0.349 e. The van der Waals surface area contributed by atoms with Crippen LogP contribution in [0.1, 0.15) is 135 Å².